The first-order valence-electron chi connectivity index (χ1n) is 8.09. The van der Waals surface area contributed by atoms with Crippen molar-refractivity contribution in [1.82, 2.24) is 9.80 Å². The molecule has 0 spiro atoms. The topological polar surface area (TPSA) is 35.9 Å². The first-order valence-corrected chi connectivity index (χ1v) is 8.09. The van der Waals surface area contributed by atoms with Crippen molar-refractivity contribution in [2.75, 3.05) is 39.9 Å². The van der Waals surface area contributed by atoms with Crippen LogP contribution in [0.15, 0.2) is 36.9 Å². The molecule has 122 valence electrons. The summed E-state index contributed by atoms with van der Waals surface area (Å²) in [6.45, 7) is 8.30. The molecule has 0 aromatic heterocycles. The standard InChI is InChI=1S/C18H28N2O2/c1-3-14-22-18-6-4-16(5-7-18)15-20(12-13-21)17-8-10-19(2)11-9-17/h3-7,17,21H,1,8-15H2,2H3. The Morgan fingerprint density at radius 2 is 2.00 bits per heavy atom. The minimum Gasteiger partial charge on any atom is -0.490 e. The summed E-state index contributed by atoms with van der Waals surface area (Å²) < 4.78 is 5.51. The van der Waals surface area contributed by atoms with Crippen LogP contribution in [0.5, 0.6) is 5.75 Å². The van der Waals surface area contributed by atoms with Crippen LogP contribution in [-0.2, 0) is 6.54 Å². The van der Waals surface area contributed by atoms with Crippen LogP contribution in [0.4, 0.5) is 0 Å². The molecule has 1 aromatic rings. The van der Waals surface area contributed by atoms with E-state index < -0.39 is 0 Å². The molecule has 0 aliphatic carbocycles. The average molecular weight is 304 g/mol. The fourth-order valence-electron chi connectivity index (χ4n) is 2.96. The van der Waals surface area contributed by atoms with Crippen molar-refractivity contribution >= 4 is 0 Å². The quantitative estimate of drug-likeness (QED) is 0.747. The van der Waals surface area contributed by atoms with E-state index >= 15 is 0 Å². The molecule has 0 bridgehead atoms. The lowest BCUT2D eigenvalue weighted by Crippen LogP contribution is -2.44. The van der Waals surface area contributed by atoms with Crippen molar-refractivity contribution in [3.05, 3.63) is 42.5 Å². The molecular formula is C18H28N2O2. The van der Waals surface area contributed by atoms with Crippen LogP contribution < -0.4 is 4.74 Å². The largest absolute Gasteiger partial charge is 0.490 e. The highest BCUT2D eigenvalue weighted by Gasteiger charge is 2.22. The molecule has 0 amide bonds. The molecule has 0 unspecified atom stereocenters. The maximum atomic E-state index is 9.36. The van der Waals surface area contributed by atoms with E-state index in [2.05, 4.69) is 35.6 Å². The van der Waals surface area contributed by atoms with Crippen LogP contribution in [0.1, 0.15) is 18.4 Å². The first-order chi connectivity index (χ1) is 10.7. The maximum absolute atomic E-state index is 9.36. The number of benzene rings is 1. The molecule has 1 aromatic carbocycles. The minimum absolute atomic E-state index is 0.215. The molecule has 1 heterocycles. The fraction of sp³-hybridized carbons (Fsp3) is 0.556. The van der Waals surface area contributed by atoms with Crippen molar-refractivity contribution in [2.24, 2.45) is 0 Å². The van der Waals surface area contributed by atoms with E-state index in [9.17, 15) is 5.11 Å². The molecule has 0 radical (unpaired) electrons. The van der Waals surface area contributed by atoms with Crippen LogP contribution in [0, 0.1) is 0 Å². The molecular weight excluding hydrogens is 276 g/mol. The summed E-state index contributed by atoms with van der Waals surface area (Å²) in [5.74, 6) is 0.872. The van der Waals surface area contributed by atoms with Gasteiger partial charge in [-0.1, -0.05) is 24.8 Å². The van der Waals surface area contributed by atoms with Gasteiger partial charge in [-0.15, -0.1) is 0 Å². The third-order valence-electron chi connectivity index (χ3n) is 4.27. The van der Waals surface area contributed by atoms with E-state index in [0.717, 1.165) is 31.9 Å². The average Bonchev–Trinajstić information content (AvgIpc) is 2.54. The Balaban J connectivity index is 1.93. The predicted molar refractivity (Wildman–Crippen MR) is 90.1 cm³/mol. The number of rotatable bonds is 8. The third kappa shape index (κ3) is 5.13. The summed E-state index contributed by atoms with van der Waals surface area (Å²) in [5, 5.41) is 9.36. The molecule has 2 rings (SSSR count). The number of hydrogen-bond donors (Lipinski definition) is 1. The van der Waals surface area contributed by atoms with Crippen molar-refractivity contribution in [2.45, 2.75) is 25.4 Å². The summed E-state index contributed by atoms with van der Waals surface area (Å²) in [6.07, 6.45) is 4.10. The van der Waals surface area contributed by atoms with Crippen LogP contribution in [0.3, 0.4) is 0 Å². The fourth-order valence-corrected chi connectivity index (χ4v) is 2.96. The lowest BCUT2D eigenvalue weighted by Gasteiger charge is -2.37. The lowest BCUT2D eigenvalue weighted by atomic mass is 10.0. The molecule has 1 fully saturated rings. The number of aliphatic hydroxyl groups excluding tert-OH is 1. The van der Waals surface area contributed by atoms with Crippen molar-refractivity contribution in [3.8, 4) is 5.75 Å². The number of aliphatic hydroxyl groups is 1. The molecule has 4 heteroatoms. The van der Waals surface area contributed by atoms with Crippen molar-refractivity contribution in [3.63, 3.8) is 0 Å². The molecule has 22 heavy (non-hydrogen) atoms. The molecule has 1 aliphatic heterocycles. The van der Waals surface area contributed by atoms with Gasteiger partial charge in [0.25, 0.3) is 0 Å². The van der Waals surface area contributed by atoms with E-state index in [-0.39, 0.29) is 6.61 Å². The summed E-state index contributed by atoms with van der Waals surface area (Å²) in [7, 11) is 2.18. The number of ether oxygens (including phenoxy) is 1. The summed E-state index contributed by atoms with van der Waals surface area (Å²) in [5.41, 5.74) is 1.26. The van der Waals surface area contributed by atoms with E-state index in [0.29, 0.717) is 12.6 Å². The molecule has 0 saturated carbocycles. The second-order valence-corrected chi connectivity index (χ2v) is 5.97. The van der Waals surface area contributed by atoms with Crippen LogP contribution in [0.25, 0.3) is 0 Å². The Labute approximate surface area is 134 Å². The monoisotopic (exact) mass is 304 g/mol. The van der Waals surface area contributed by atoms with Crippen molar-refractivity contribution < 1.29 is 9.84 Å². The van der Waals surface area contributed by atoms with Gasteiger partial charge in [-0.05, 0) is 50.7 Å². The van der Waals surface area contributed by atoms with Gasteiger partial charge in [0.2, 0.25) is 0 Å². The van der Waals surface area contributed by atoms with E-state index in [4.69, 9.17) is 4.74 Å². The highest BCUT2D eigenvalue weighted by molar-refractivity contribution is 5.27. The molecule has 4 nitrogen and oxygen atoms in total. The Kier molecular flexibility index (Phi) is 6.90. The highest BCUT2D eigenvalue weighted by Crippen LogP contribution is 2.19. The zero-order valence-electron chi connectivity index (χ0n) is 13.6. The summed E-state index contributed by atoms with van der Waals surface area (Å²) in [6, 6.07) is 8.80. The first kappa shape index (κ1) is 17.0. The smallest absolute Gasteiger partial charge is 0.119 e. The highest BCUT2D eigenvalue weighted by atomic mass is 16.5. The third-order valence-corrected chi connectivity index (χ3v) is 4.27. The van der Waals surface area contributed by atoms with Crippen molar-refractivity contribution in [1.29, 1.82) is 0 Å². The van der Waals surface area contributed by atoms with Gasteiger partial charge in [0.15, 0.2) is 0 Å². The van der Waals surface area contributed by atoms with Crippen LogP contribution in [-0.4, -0.2) is 60.8 Å². The molecule has 1 aliphatic rings. The Hall–Kier alpha value is -1.36. The van der Waals surface area contributed by atoms with Gasteiger partial charge in [0.1, 0.15) is 12.4 Å². The van der Waals surface area contributed by atoms with Gasteiger partial charge in [-0.25, -0.2) is 0 Å². The maximum Gasteiger partial charge on any atom is 0.119 e. The van der Waals surface area contributed by atoms with Gasteiger partial charge in [0.05, 0.1) is 6.61 Å². The molecule has 0 atom stereocenters. The zero-order valence-corrected chi connectivity index (χ0v) is 13.6. The Morgan fingerprint density at radius 3 is 2.59 bits per heavy atom. The number of nitrogens with zero attached hydrogens (tertiary/aromatic N) is 2. The minimum atomic E-state index is 0.215. The number of hydrogen-bond acceptors (Lipinski definition) is 4. The Bertz CT molecular complexity index is 439. The second-order valence-electron chi connectivity index (χ2n) is 5.97. The zero-order chi connectivity index (χ0) is 15.8. The Morgan fingerprint density at radius 1 is 1.32 bits per heavy atom. The van der Waals surface area contributed by atoms with Gasteiger partial charge < -0.3 is 14.7 Å². The van der Waals surface area contributed by atoms with Gasteiger partial charge in [-0.2, -0.15) is 0 Å². The summed E-state index contributed by atoms with van der Waals surface area (Å²) in [4.78, 5) is 4.78. The molecule has 1 saturated heterocycles. The normalized spacial score (nSPS) is 16.9. The molecule has 1 N–H and O–H groups in total. The second kappa shape index (κ2) is 8.93. The predicted octanol–water partition coefficient (Wildman–Crippen LogP) is 2.14. The SMILES string of the molecule is C=CCOc1ccc(CN(CCO)C2CCN(C)CC2)cc1. The lowest BCUT2D eigenvalue weighted by molar-refractivity contribution is 0.0941. The van der Waals surface area contributed by atoms with E-state index in [1.165, 1.54) is 18.4 Å². The van der Waals surface area contributed by atoms with Gasteiger partial charge >= 0.3 is 0 Å². The van der Waals surface area contributed by atoms with Gasteiger partial charge in [0, 0.05) is 19.1 Å². The number of piperidine rings is 1. The number of likely N-dealkylation sites (tertiary alicyclic amines) is 1. The van der Waals surface area contributed by atoms with Gasteiger partial charge in [-0.3, -0.25) is 4.90 Å². The van der Waals surface area contributed by atoms with Crippen LogP contribution in [0.2, 0.25) is 0 Å². The van der Waals surface area contributed by atoms with E-state index in [1.54, 1.807) is 6.08 Å². The van der Waals surface area contributed by atoms with Crippen LogP contribution >= 0.6 is 0 Å². The van der Waals surface area contributed by atoms with E-state index in [1.807, 2.05) is 12.1 Å². The summed E-state index contributed by atoms with van der Waals surface area (Å²) >= 11 is 0.